The summed E-state index contributed by atoms with van der Waals surface area (Å²) in [4.78, 5) is 15.1. The van der Waals surface area contributed by atoms with Gasteiger partial charge >= 0.3 is 20.2 Å². The van der Waals surface area contributed by atoms with Gasteiger partial charge in [0.1, 0.15) is 23.9 Å². The lowest BCUT2D eigenvalue weighted by Gasteiger charge is -2.23. The molecule has 232 valence electrons. The van der Waals surface area contributed by atoms with Crippen molar-refractivity contribution in [2.75, 3.05) is 47.4 Å². The summed E-state index contributed by atoms with van der Waals surface area (Å²) in [6.45, 7) is 4.00. The predicted molar refractivity (Wildman–Crippen MR) is 164 cm³/mol. The van der Waals surface area contributed by atoms with Gasteiger partial charge in [-0.3, -0.25) is 4.79 Å². The monoisotopic (exact) mass is 633 g/mol. The van der Waals surface area contributed by atoms with Gasteiger partial charge in [-0.15, -0.1) is 0 Å². The van der Waals surface area contributed by atoms with E-state index in [0.29, 0.717) is 22.3 Å². The van der Waals surface area contributed by atoms with Crippen LogP contribution in [0, 0.1) is 0 Å². The van der Waals surface area contributed by atoms with E-state index >= 15 is 0 Å². The van der Waals surface area contributed by atoms with Crippen LogP contribution in [0.4, 0.5) is 0 Å². The number of hydrogen-bond donors (Lipinski definition) is 0. The Bertz CT molecular complexity index is 1740. The first-order valence-electron chi connectivity index (χ1n) is 12.8. The number of carbonyl (C=O) groups excluding carboxylic acids is 1. The molecule has 0 aliphatic rings. The molecule has 0 aromatic heterocycles. The molecule has 0 saturated carbocycles. The summed E-state index contributed by atoms with van der Waals surface area (Å²) in [5.41, 5.74) is 2.95. The molecule has 0 unspecified atom stereocenters. The van der Waals surface area contributed by atoms with E-state index in [1.54, 1.807) is 44.4 Å². The SMILES string of the molecule is COc1cc(-c2ccc(OS(C)(=O)=O)cc2)c(OC)c(C(=O)N(C)C)c1-c1ccc(OCC=C(C)C)c(OS(C)(=O)=O)c1. The number of nitrogens with zero attached hydrogens (tertiary/aromatic N) is 1. The highest BCUT2D eigenvalue weighted by molar-refractivity contribution is 7.86. The first-order valence-corrected chi connectivity index (χ1v) is 16.5. The van der Waals surface area contributed by atoms with Crippen LogP contribution in [-0.2, 0) is 20.2 Å². The van der Waals surface area contributed by atoms with Gasteiger partial charge in [0.15, 0.2) is 11.5 Å². The third-order valence-electron chi connectivity index (χ3n) is 5.90. The second kappa shape index (κ2) is 13.4. The van der Waals surface area contributed by atoms with Crippen molar-refractivity contribution in [3.05, 3.63) is 65.7 Å². The third kappa shape index (κ3) is 8.64. The molecule has 3 rings (SSSR count). The Balaban J connectivity index is 2.31. The Labute approximate surface area is 252 Å². The number of allylic oxidation sites excluding steroid dienone is 1. The minimum absolute atomic E-state index is 0.0723. The van der Waals surface area contributed by atoms with Crippen molar-refractivity contribution >= 4 is 26.1 Å². The fraction of sp³-hybridized carbons (Fsp3) is 0.300. The molecule has 3 aromatic rings. The van der Waals surface area contributed by atoms with Crippen molar-refractivity contribution in [3.63, 3.8) is 0 Å². The van der Waals surface area contributed by atoms with Crippen LogP contribution in [0.15, 0.2) is 60.2 Å². The van der Waals surface area contributed by atoms with Crippen molar-refractivity contribution in [1.29, 1.82) is 0 Å². The summed E-state index contributed by atoms with van der Waals surface area (Å²) in [6.07, 6.45) is 3.70. The fourth-order valence-corrected chi connectivity index (χ4v) is 5.03. The van der Waals surface area contributed by atoms with Crippen LogP contribution in [0.2, 0.25) is 0 Å². The summed E-state index contributed by atoms with van der Waals surface area (Å²) in [5, 5.41) is 0. The first-order chi connectivity index (χ1) is 20.0. The number of methoxy groups -OCH3 is 2. The average molecular weight is 634 g/mol. The largest absolute Gasteiger partial charge is 0.496 e. The molecule has 11 nitrogen and oxygen atoms in total. The number of amides is 1. The Kier molecular flexibility index (Phi) is 10.4. The van der Waals surface area contributed by atoms with E-state index in [9.17, 15) is 21.6 Å². The van der Waals surface area contributed by atoms with Gasteiger partial charge < -0.3 is 27.5 Å². The van der Waals surface area contributed by atoms with E-state index in [1.807, 2.05) is 19.9 Å². The molecule has 0 heterocycles. The standard InChI is InChI=1S/C30H35NO10S2/c1-19(2)15-16-39-24-14-11-21(17-25(24)41-43(8,35)36)27-26(37-5)18-23(29(38-6)28(27)30(32)31(3)4)20-9-12-22(13-10-20)40-42(7,33)34/h9-15,17-18H,16H2,1-8H3. The molecule has 0 fully saturated rings. The second-order valence-corrected chi connectivity index (χ2v) is 13.1. The molecular formula is C30H35NO10S2. The van der Waals surface area contributed by atoms with Gasteiger partial charge in [-0.05, 0) is 61.4 Å². The van der Waals surface area contributed by atoms with Crippen LogP contribution in [0.5, 0.6) is 28.7 Å². The predicted octanol–water partition coefficient (Wildman–Crippen LogP) is 4.76. The Morgan fingerprint density at radius 3 is 1.91 bits per heavy atom. The van der Waals surface area contributed by atoms with Crippen LogP contribution in [-0.4, -0.2) is 75.1 Å². The van der Waals surface area contributed by atoms with E-state index in [2.05, 4.69) is 0 Å². The highest BCUT2D eigenvalue weighted by Gasteiger charge is 2.28. The lowest BCUT2D eigenvalue weighted by Crippen LogP contribution is -2.23. The summed E-state index contributed by atoms with van der Waals surface area (Å²) in [5.74, 6) is 0.298. The van der Waals surface area contributed by atoms with Crippen molar-refractivity contribution < 1.29 is 44.2 Å². The molecule has 0 bridgehead atoms. The van der Waals surface area contributed by atoms with Crippen LogP contribution in [0.1, 0.15) is 24.2 Å². The van der Waals surface area contributed by atoms with E-state index < -0.39 is 26.1 Å². The van der Waals surface area contributed by atoms with Crippen molar-refractivity contribution in [1.82, 2.24) is 4.90 Å². The molecule has 0 saturated heterocycles. The van der Waals surface area contributed by atoms with Crippen molar-refractivity contribution in [2.24, 2.45) is 0 Å². The topological polar surface area (TPSA) is 135 Å². The quantitative estimate of drug-likeness (QED) is 0.203. The third-order valence-corrected chi connectivity index (χ3v) is 6.88. The van der Waals surface area contributed by atoms with Gasteiger partial charge in [-0.2, -0.15) is 16.8 Å². The van der Waals surface area contributed by atoms with E-state index in [4.69, 9.17) is 22.6 Å². The number of carbonyl (C=O) groups is 1. The van der Waals surface area contributed by atoms with Gasteiger partial charge in [-0.25, -0.2) is 0 Å². The Morgan fingerprint density at radius 1 is 0.791 bits per heavy atom. The lowest BCUT2D eigenvalue weighted by atomic mass is 9.91. The summed E-state index contributed by atoms with van der Waals surface area (Å²) < 4.78 is 74.9. The van der Waals surface area contributed by atoms with E-state index in [1.165, 1.54) is 37.3 Å². The van der Waals surface area contributed by atoms with Crippen LogP contribution >= 0.6 is 0 Å². The maximum Gasteiger partial charge on any atom is 0.306 e. The normalized spacial score (nSPS) is 11.3. The zero-order valence-electron chi connectivity index (χ0n) is 25.2. The summed E-state index contributed by atoms with van der Waals surface area (Å²) >= 11 is 0. The Morgan fingerprint density at radius 2 is 1.40 bits per heavy atom. The van der Waals surface area contributed by atoms with Gasteiger partial charge in [-0.1, -0.05) is 23.8 Å². The molecule has 0 N–H and O–H groups in total. The molecule has 3 aromatic carbocycles. The maximum absolute atomic E-state index is 13.7. The van der Waals surface area contributed by atoms with Gasteiger partial charge in [0.25, 0.3) is 5.91 Å². The van der Waals surface area contributed by atoms with Gasteiger partial charge in [0.2, 0.25) is 0 Å². The van der Waals surface area contributed by atoms with Crippen molar-refractivity contribution in [2.45, 2.75) is 13.8 Å². The molecule has 0 radical (unpaired) electrons. The molecule has 0 aliphatic heterocycles. The molecule has 0 spiro atoms. The maximum atomic E-state index is 13.7. The fourth-order valence-electron chi connectivity index (χ4n) is 4.12. The minimum Gasteiger partial charge on any atom is -0.496 e. The van der Waals surface area contributed by atoms with E-state index in [0.717, 1.165) is 18.1 Å². The number of hydrogen-bond acceptors (Lipinski definition) is 10. The average Bonchev–Trinajstić information content (AvgIpc) is 2.90. The van der Waals surface area contributed by atoms with Crippen LogP contribution < -0.4 is 22.6 Å². The molecule has 1 amide bonds. The van der Waals surface area contributed by atoms with Gasteiger partial charge in [0, 0.05) is 25.2 Å². The highest BCUT2D eigenvalue weighted by Crippen LogP contribution is 2.47. The molecule has 0 aliphatic carbocycles. The Hall–Kier alpha value is -4.23. The minimum atomic E-state index is -3.94. The molecular weight excluding hydrogens is 598 g/mol. The number of benzene rings is 3. The lowest BCUT2D eigenvalue weighted by molar-refractivity contribution is 0.0824. The molecule has 0 atom stereocenters. The van der Waals surface area contributed by atoms with E-state index in [-0.39, 0.29) is 40.9 Å². The highest BCUT2D eigenvalue weighted by atomic mass is 32.2. The van der Waals surface area contributed by atoms with Crippen LogP contribution in [0.3, 0.4) is 0 Å². The van der Waals surface area contributed by atoms with Crippen LogP contribution in [0.25, 0.3) is 22.3 Å². The molecule has 43 heavy (non-hydrogen) atoms. The van der Waals surface area contributed by atoms with Gasteiger partial charge in [0.05, 0.1) is 32.3 Å². The van der Waals surface area contributed by atoms with Crippen molar-refractivity contribution in [3.8, 4) is 51.0 Å². The number of rotatable bonds is 12. The summed E-state index contributed by atoms with van der Waals surface area (Å²) in [6, 6.07) is 12.5. The summed E-state index contributed by atoms with van der Waals surface area (Å²) in [7, 11) is -1.64. The first kappa shape index (κ1) is 33.3. The zero-order valence-corrected chi connectivity index (χ0v) is 26.9. The number of ether oxygens (including phenoxy) is 3. The smallest absolute Gasteiger partial charge is 0.306 e. The second-order valence-electron chi connectivity index (χ2n) is 9.96. The molecule has 13 heteroatoms. The zero-order chi connectivity index (χ0) is 32.1.